The molecule has 0 aromatic heterocycles. The fourth-order valence-electron chi connectivity index (χ4n) is 4.48. The summed E-state index contributed by atoms with van der Waals surface area (Å²) >= 11 is 0. The zero-order chi connectivity index (χ0) is 18.2. The Labute approximate surface area is 149 Å². The molecule has 5 unspecified atom stereocenters. The van der Waals surface area contributed by atoms with Gasteiger partial charge in [0.05, 0.1) is 30.3 Å². The van der Waals surface area contributed by atoms with Gasteiger partial charge in [-0.1, -0.05) is 0 Å². The molecular weight excluding hydrogens is 344 g/mol. The molecule has 25 heavy (non-hydrogen) atoms. The lowest BCUT2D eigenvalue weighted by Crippen LogP contribution is -2.72. The van der Waals surface area contributed by atoms with Gasteiger partial charge in [0.1, 0.15) is 9.92 Å². The van der Waals surface area contributed by atoms with Crippen molar-refractivity contribution in [1.82, 2.24) is 25.2 Å². The molecule has 6 atom stereocenters. The normalized spacial score (nSPS) is 40.0. The lowest BCUT2D eigenvalue weighted by atomic mass is 9.93. The van der Waals surface area contributed by atoms with Crippen LogP contribution in [0.15, 0.2) is 0 Å². The predicted octanol–water partition coefficient (Wildman–Crippen LogP) is -2.24. The molecule has 0 bridgehead atoms. The van der Waals surface area contributed by atoms with Crippen LogP contribution in [0.2, 0.25) is 0 Å². The number of rotatable bonds is 3. The summed E-state index contributed by atoms with van der Waals surface area (Å²) in [6.07, 6.45) is 1.66. The number of hydrogen-bond donors (Lipinski definition) is 5. The van der Waals surface area contributed by atoms with E-state index in [9.17, 15) is 14.1 Å². The fraction of sp³-hybridized carbons (Fsp3) is 0.933. The highest BCUT2D eigenvalue weighted by Crippen LogP contribution is 2.25. The highest BCUT2D eigenvalue weighted by atomic mass is 32.2. The zero-order valence-electron chi connectivity index (χ0n) is 14.9. The van der Waals surface area contributed by atoms with Crippen LogP contribution in [0.25, 0.3) is 0 Å². The number of nitrogens with zero attached hydrogens (tertiary/aromatic N) is 2. The molecule has 0 saturated carbocycles. The first-order valence-corrected chi connectivity index (χ1v) is 10.9. The maximum Gasteiger partial charge on any atom is 0.220 e. The molecule has 144 valence electrons. The van der Waals surface area contributed by atoms with E-state index in [1.54, 1.807) is 11.2 Å². The quantitative estimate of drug-likeness (QED) is 0.381. The topological polar surface area (TPSA) is 121 Å². The number of hydrogen-bond acceptors (Lipinski definition) is 7. The lowest BCUT2D eigenvalue weighted by molar-refractivity contribution is -0.138. The number of aliphatic hydroxyl groups is 1. The SMILES string of the molecule is CC(=O)N1C(C2NCC[C@@H]2O)CNCC1C1CNCCN1S(C)(=N)=O. The average molecular weight is 375 g/mol. The van der Waals surface area contributed by atoms with Crippen LogP contribution < -0.4 is 16.0 Å². The van der Waals surface area contributed by atoms with Crippen molar-refractivity contribution < 1.29 is 14.1 Å². The summed E-state index contributed by atoms with van der Waals surface area (Å²) in [7, 11) is -2.86. The Kier molecular flexibility index (Phi) is 5.66. The van der Waals surface area contributed by atoms with E-state index in [-0.39, 0.29) is 30.1 Å². The molecule has 0 aromatic carbocycles. The Morgan fingerprint density at radius 3 is 2.44 bits per heavy atom. The Bertz CT molecular complexity index is 600. The summed E-state index contributed by atoms with van der Waals surface area (Å²) in [6, 6.07) is -0.700. The minimum atomic E-state index is -2.86. The first kappa shape index (κ1) is 19.0. The van der Waals surface area contributed by atoms with Gasteiger partial charge in [-0.3, -0.25) is 4.79 Å². The number of aliphatic hydroxyl groups excluding tert-OH is 1. The summed E-state index contributed by atoms with van der Waals surface area (Å²) in [5.74, 6) is -0.0458. The molecule has 1 amide bonds. The van der Waals surface area contributed by atoms with Gasteiger partial charge in [-0.25, -0.2) is 13.3 Å². The largest absolute Gasteiger partial charge is 0.391 e. The van der Waals surface area contributed by atoms with Crippen LogP contribution in [-0.2, 0) is 14.7 Å². The molecule has 0 aliphatic carbocycles. The molecule has 10 heteroatoms. The van der Waals surface area contributed by atoms with Crippen LogP contribution >= 0.6 is 0 Å². The van der Waals surface area contributed by atoms with Gasteiger partial charge in [0.15, 0.2) is 0 Å². The second-order valence-electron chi connectivity index (χ2n) is 7.27. The highest BCUT2D eigenvalue weighted by molar-refractivity contribution is 7.89. The van der Waals surface area contributed by atoms with Gasteiger partial charge in [0, 0.05) is 45.9 Å². The van der Waals surface area contributed by atoms with Crippen molar-refractivity contribution in [2.24, 2.45) is 0 Å². The van der Waals surface area contributed by atoms with Gasteiger partial charge in [-0.15, -0.1) is 0 Å². The maximum atomic E-state index is 12.5. The number of nitrogens with one attached hydrogen (secondary N) is 4. The zero-order valence-corrected chi connectivity index (χ0v) is 15.7. The van der Waals surface area contributed by atoms with E-state index in [2.05, 4.69) is 16.0 Å². The molecule has 3 heterocycles. The molecule has 9 nitrogen and oxygen atoms in total. The molecule has 3 rings (SSSR count). The van der Waals surface area contributed by atoms with Crippen LogP contribution in [-0.4, -0.2) is 100 Å². The van der Waals surface area contributed by atoms with Gasteiger partial charge in [0.2, 0.25) is 5.91 Å². The minimum absolute atomic E-state index is 0.0458. The smallest absolute Gasteiger partial charge is 0.220 e. The second kappa shape index (κ2) is 7.45. The number of carbonyl (C=O) groups is 1. The van der Waals surface area contributed by atoms with E-state index < -0.39 is 16.0 Å². The van der Waals surface area contributed by atoms with E-state index in [4.69, 9.17) is 4.78 Å². The van der Waals surface area contributed by atoms with E-state index in [0.29, 0.717) is 39.1 Å². The van der Waals surface area contributed by atoms with Crippen LogP contribution in [0.4, 0.5) is 0 Å². The summed E-state index contributed by atoms with van der Waals surface area (Å²) in [5.41, 5.74) is 0. The summed E-state index contributed by atoms with van der Waals surface area (Å²) in [4.78, 5) is 14.4. The molecule has 0 radical (unpaired) electrons. The predicted molar refractivity (Wildman–Crippen MR) is 95.5 cm³/mol. The van der Waals surface area contributed by atoms with Crippen LogP contribution in [0.1, 0.15) is 13.3 Å². The molecule has 3 fully saturated rings. The van der Waals surface area contributed by atoms with E-state index in [1.165, 1.54) is 6.26 Å². The van der Waals surface area contributed by atoms with E-state index >= 15 is 0 Å². The van der Waals surface area contributed by atoms with Crippen molar-refractivity contribution in [3.8, 4) is 0 Å². The molecule has 3 aliphatic heterocycles. The van der Waals surface area contributed by atoms with Crippen molar-refractivity contribution in [3.05, 3.63) is 0 Å². The standard InChI is InChI=1S/C15H30N6O3S/c1-10(22)21-12(11-7-17-5-6-20(11)25(2,16)24)8-18-9-13(21)15-14(23)3-4-19-15/h11-19,23H,3-9H2,1-2H3/t11?,12?,13?,14-,15?,25?/m0/s1. The summed E-state index contributed by atoms with van der Waals surface area (Å²) in [6.45, 7) is 5.31. The van der Waals surface area contributed by atoms with Gasteiger partial charge in [-0.05, 0) is 13.0 Å². The van der Waals surface area contributed by atoms with Gasteiger partial charge in [0.25, 0.3) is 0 Å². The molecule has 0 aromatic rings. The highest BCUT2D eigenvalue weighted by Gasteiger charge is 2.46. The first-order chi connectivity index (χ1) is 11.8. The second-order valence-corrected chi connectivity index (χ2v) is 9.34. The number of carbonyl (C=O) groups excluding carboxylic acids is 1. The number of amides is 1. The number of piperazine rings is 2. The molecule has 3 saturated heterocycles. The Hall–Kier alpha value is -0.780. The molecule has 3 aliphatic rings. The summed E-state index contributed by atoms with van der Waals surface area (Å²) in [5, 5.41) is 20.3. The first-order valence-electron chi connectivity index (χ1n) is 8.93. The Morgan fingerprint density at radius 1 is 1.16 bits per heavy atom. The third-order valence-electron chi connectivity index (χ3n) is 5.56. The summed E-state index contributed by atoms with van der Waals surface area (Å²) < 4.78 is 22.2. The Morgan fingerprint density at radius 2 is 1.84 bits per heavy atom. The average Bonchev–Trinajstić information content (AvgIpc) is 2.99. The lowest BCUT2D eigenvalue weighted by Gasteiger charge is -2.51. The van der Waals surface area contributed by atoms with Crippen LogP contribution in [0, 0.1) is 4.78 Å². The van der Waals surface area contributed by atoms with Gasteiger partial charge in [-0.2, -0.15) is 0 Å². The third-order valence-corrected chi connectivity index (χ3v) is 6.91. The minimum Gasteiger partial charge on any atom is -0.391 e. The molecule has 5 N–H and O–H groups in total. The monoisotopic (exact) mass is 374 g/mol. The van der Waals surface area contributed by atoms with Crippen molar-refractivity contribution in [2.45, 2.75) is 43.6 Å². The van der Waals surface area contributed by atoms with Crippen molar-refractivity contribution in [3.63, 3.8) is 0 Å². The van der Waals surface area contributed by atoms with Crippen molar-refractivity contribution in [1.29, 1.82) is 4.78 Å². The van der Waals surface area contributed by atoms with E-state index in [1.807, 2.05) is 4.90 Å². The van der Waals surface area contributed by atoms with Crippen molar-refractivity contribution in [2.75, 3.05) is 45.5 Å². The van der Waals surface area contributed by atoms with E-state index in [0.717, 1.165) is 6.54 Å². The van der Waals surface area contributed by atoms with Gasteiger partial charge < -0.3 is 26.0 Å². The maximum absolute atomic E-state index is 12.5. The van der Waals surface area contributed by atoms with Crippen molar-refractivity contribution >= 4 is 15.8 Å². The van der Waals surface area contributed by atoms with Gasteiger partial charge >= 0.3 is 0 Å². The molecular formula is C15H30N6O3S. The molecule has 0 spiro atoms. The Balaban J connectivity index is 1.89. The fourth-order valence-corrected chi connectivity index (χ4v) is 5.65. The van der Waals surface area contributed by atoms with Crippen LogP contribution in [0.3, 0.4) is 0 Å². The van der Waals surface area contributed by atoms with Crippen LogP contribution in [0.5, 0.6) is 0 Å². The third kappa shape index (κ3) is 3.83.